The monoisotopic (exact) mass is 362 g/mol. The van der Waals surface area contributed by atoms with Gasteiger partial charge in [-0.2, -0.15) is 0 Å². The van der Waals surface area contributed by atoms with E-state index >= 15 is 0 Å². The number of carboxylic acids is 2. The molecule has 0 saturated heterocycles. The number of hydrogen-bond acceptors (Lipinski definition) is 7. The van der Waals surface area contributed by atoms with E-state index in [0.717, 1.165) is 0 Å². The van der Waals surface area contributed by atoms with E-state index in [4.69, 9.17) is 24.4 Å². The molecule has 0 aliphatic rings. The van der Waals surface area contributed by atoms with Gasteiger partial charge in [-0.1, -0.05) is 27.7 Å². The van der Waals surface area contributed by atoms with Gasteiger partial charge in [-0.3, -0.25) is 19.2 Å². The third-order valence-corrected chi connectivity index (χ3v) is 3.32. The molecule has 0 radical (unpaired) electrons. The zero-order valence-electron chi connectivity index (χ0n) is 14.9. The Morgan fingerprint density at radius 2 is 1.00 bits per heavy atom. The highest BCUT2D eigenvalue weighted by atomic mass is 16.6. The van der Waals surface area contributed by atoms with E-state index in [0.29, 0.717) is 0 Å². The van der Waals surface area contributed by atoms with Crippen LogP contribution in [-0.4, -0.2) is 60.5 Å². The lowest BCUT2D eigenvalue weighted by Gasteiger charge is -2.16. The Bertz CT molecular complexity index is 428. The molecule has 2 N–H and O–H groups in total. The molecule has 9 heteroatoms. The minimum absolute atomic E-state index is 0.000262. The van der Waals surface area contributed by atoms with Crippen molar-refractivity contribution in [1.29, 1.82) is 0 Å². The second kappa shape index (κ2) is 11.4. The highest BCUT2D eigenvalue weighted by molar-refractivity contribution is 5.94. The van der Waals surface area contributed by atoms with Gasteiger partial charge in [0.15, 0.2) is 11.8 Å². The van der Waals surface area contributed by atoms with Crippen LogP contribution < -0.4 is 0 Å². The molecule has 0 saturated carbocycles. The van der Waals surface area contributed by atoms with Crippen LogP contribution in [0, 0.1) is 23.7 Å². The van der Waals surface area contributed by atoms with Crippen molar-refractivity contribution in [3.8, 4) is 0 Å². The van der Waals surface area contributed by atoms with E-state index in [1.54, 1.807) is 27.7 Å². The summed E-state index contributed by atoms with van der Waals surface area (Å²) in [6, 6.07) is 0. The van der Waals surface area contributed by atoms with Gasteiger partial charge in [0, 0.05) is 0 Å². The van der Waals surface area contributed by atoms with Crippen molar-refractivity contribution < 1.29 is 43.6 Å². The summed E-state index contributed by atoms with van der Waals surface area (Å²) < 4.78 is 14.7. The number of ether oxygens (including phenoxy) is 3. The first kappa shape index (κ1) is 22.8. The SMILES string of the molecule is CC(C)C(C(=O)O)C(=O)OCCOCCOC(=O)C(C(=O)O)C(C)C. The molecule has 144 valence electrons. The highest BCUT2D eigenvalue weighted by Gasteiger charge is 2.31. The number of carbonyl (C=O) groups is 4. The fourth-order valence-corrected chi connectivity index (χ4v) is 2.00. The third-order valence-electron chi connectivity index (χ3n) is 3.32. The third kappa shape index (κ3) is 8.48. The molecular formula is C16H26O9. The van der Waals surface area contributed by atoms with Crippen LogP contribution in [0.2, 0.25) is 0 Å². The predicted molar refractivity (Wildman–Crippen MR) is 84.7 cm³/mol. The fraction of sp³-hybridized carbons (Fsp3) is 0.750. The number of carbonyl (C=O) groups excluding carboxylic acids is 2. The summed E-state index contributed by atoms with van der Waals surface area (Å²) in [6.07, 6.45) is 0. The molecular weight excluding hydrogens is 336 g/mol. The Balaban J connectivity index is 3.97. The van der Waals surface area contributed by atoms with Crippen molar-refractivity contribution in [2.45, 2.75) is 27.7 Å². The van der Waals surface area contributed by atoms with Gasteiger partial charge in [-0.05, 0) is 11.8 Å². The van der Waals surface area contributed by atoms with Crippen LogP contribution >= 0.6 is 0 Å². The lowest BCUT2D eigenvalue weighted by Crippen LogP contribution is -2.31. The van der Waals surface area contributed by atoms with E-state index in [1.807, 2.05) is 0 Å². The number of carboxylic acid groups (broad SMARTS) is 2. The van der Waals surface area contributed by atoms with Crippen LogP contribution in [0.15, 0.2) is 0 Å². The van der Waals surface area contributed by atoms with Gasteiger partial charge < -0.3 is 24.4 Å². The molecule has 2 unspecified atom stereocenters. The summed E-state index contributed by atoms with van der Waals surface area (Å²) >= 11 is 0. The molecule has 0 spiro atoms. The summed E-state index contributed by atoms with van der Waals surface area (Å²) in [5.41, 5.74) is 0. The van der Waals surface area contributed by atoms with Crippen molar-refractivity contribution in [3.05, 3.63) is 0 Å². The largest absolute Gasteiger partial charge is 0.481 e. The highest BCUT2D eigenvalue weighted by Crippen LogP contribution is 2.13. The molecule has 0 aromatic carbocycles. The second-order valence-corrected chi connectivity index (χ2v) is 6.07. The average molecular weight is 362 g/mol. The molecule has 0 heterocycles. The van der Waals surface area contributed by atoms with Gasteiger partial charge in [0.1, 0.15) is 13.2 Å². The van der Waals surface area contributed by atoms with Crippen molar-refractivity contribution in [1.82, 2.24) is 0 Å². The summed E-state index contributed by atoms with van der Waals surface area (Å²) in [7, 11) is 0. The molecule has 0 aliphatic carbocycles. The quantitative estimate of drug-likeness (QED) is 0.293. The first-order chi connectivity index (χ1) is 11.6. The normalized spacial score (nSPS) is 13.4. The van der Waals surface area contributed by atoms with Gasteiger partial charge in [0.2, 0.25) is 0 Å². The topological polar surface area (TPSA) is 136 Å². The van der Waals surface area contributed by atoms with Crippen LogP contribution in [0.5, 0.6) is 0 Å². The number of rotatable bonds is 12. The molecule has 0 bridgehead atoms. The molecule has 0 rings (SSSR count). The second-order valence-electron chi connectivity index (χ2n) is 6.07. The Morgan fingerprint density at radius 3 is 1.24 bits per heavy atom. The molecule has 0 aromatic rings. The number of esters is 2. The fourth-order valence-electron chi connectivity index (χ4n) is 2.00. The molecule has 0 aliphatic heterocycles. The minimum Gasteiger partial charge on any atom is -0.481 e. The van der Waals surface area contributed by atoms with Crippen molar-refractivity contribution in [3.63, 3.8) is 0 Å². The van der Waals surface area contributed by atoms with Gasteiger partial charge in [0.25, 0.3) is 0 Å². The number of aliphatic carboxylic acids is 2. The van der Waals surface area contributed by atoms with Gasteiger partial charge in [0.05, 0.1) is 13.2 Å². The molecule has 0 aromatic heterocycles. The molecule has 25 heavy (non-hydrogen) atoms. The zero-order valence-corrected chi connectivity index (χ0v) is 14.9. The van der Waals surface area contributed by atoms with Crippen LogP contribution in [0.1, 0.15) is 27.7 Å². The van der Waals surface area contributed by atoms with Crippen LogP contribution in [0.25, 0.3) is 0 Å². The lowest BCUT2D eigenvalue weighted by atomic mass is 9.96. The summed E-state index contributed by atoms with van der Waals surface area (Å²) in [6.45, 7) is 6.15. The summed E-state index contributed by atoms with van der Waals surface area (Å²) in [5, 5.41) is 17.9. The standard InChI is InChI=1S/C16H26O9/c1-9(2)11(13(17)18)15(21)24-7-5-23-6-8-25-16(22)12(10(3)4)14(19)20/h9-12H,5-8H2,1-4H3,(H,17,18)(H,19,20). The average Bonchev–Trinajstić information content (AvgIpc) is 2.44. The van der Waals surface area contributed by atoms with Crippen LogP contribution in [-0.2, 0) is 33.4 Å². The van der Waals surface area contributed by atoms with Gasteiger partial charge in [-0.15, -0.1) is 0 Å². The maximum atomic E-state index is 11.6. The van der Waals surface area contributed by atoms with Crippen molar-refractivity contribution in [2.24, 2.45) is 23.7 Å². The Kier molecular flexibility index (Phi) is 10.4. The Labute approximate surface area is 146 Å². The zero-order chi connectivity index (χ0) is 19.6. The lowest BCUT2D eigenvalue weighted by molar-refractivity contribution is -0.162. The van der Waals surface area contributed by atoms with Gasteiger partial charge >= 0.3 is 23.9 Å². The van der Waals surface area contributed by atoms with Crippen molar-refractivity contribution >= 4 is 23.9 Å². The number of hydrogen-bond donors (Lipinski definition) is 2. The summed E-state index contributed by atoms with van der Waals surface area (Å²) in [5.74, 6) is -7.41. The van der Waals surface area contributed by atoms with Gasteiger partial charge in [-0.25, -0.2) is 0 Å². The minimum atomic E-state index is -1.24. The molecule has 0 amide bonds. The van der Waals surface area contributed by atoms with Crippen molar-refractivity contribution in [2.75, 3.05) is 26.4 Å². The Morgan fingerprint density at radius 1 is 0.680 bits per heavy atom. The first-order valence-corrected chi connectivity index (χ1v) is 7.96. The van der Waals surface area contributed by atoms with E-state index in [9.17, 15) is 19.2 Å². The van der Waals surface area contributed by atoms with E-state index in [1.165, 1.54) is 0 Å². The molecule has 0 fully saturated rings. The maximum Gasteiger partial charge on any atom is 0.320 e. The Hall–Kier alpha value is -2.16. The molecule has 2 atom stereocenters. The van der Waals surface area contributed by atoms with E-state index < -0.39 is 47.5 Å². The van der Waals surface area contributed by atoms with Crippen LogP contribution in [0.4, 0.5) is 0 Å². The summed E-state index contributed by atoms with van der Waals surface area (Å²) in [4.78, 5) is 45.1. The van der Waals surface area contributed by atoms with Crippen LogP contribution in [0.3, 0.4) is 0 Å². The first-order valence-electron chi connectivity index (χ1n) is 7.96. The van der Waals surface area contributed by atoms with E-state index in [2.05, 4.69) is 0 Å². The molecule has 9 nitrogen and oxygen atoms in total. The maximum absolute atomic E-state index is 11.6. The smallest absolute Gasteiger partial charge is 0.320 e. The van der Waals surface area contributed by atoms with E-state index in [-0.39, 0.29) is 26.4 Å². The predicted octanol–water partition coefficient (Wildman–Crippen LogP) is 0.803.